The van der Waals surface area contributed by atoms with Gasteiger partial charge in [-0.1, -0.05) is 12.1 Å². The molecule has 0 radical (unpaired) electrons. The number of aromatic nitrogens is 1. The van der Waals surface area contributed by atoms with Gasteiger partial charge in [0, 0.05) is 26.7 Å². The lowest BCUT2D eigenvalue weighted by Gasteiger charge is -2.31. The van der Waals surface area contributed by atoms with Crippen LogP contribution in [0.1, 0.15) is 43.9 Å². The maximum absolute atomic E-state index is 13.8. The average molecular weight is 442 g/mol. The first kappa shape index (κ1) is 22.0. The normalized spacial score (nSPS) is 19.2. The molecule has 1 aromatic carbocycles. The molecule has 0 aliphatic carbocycles. The largest absolute Gasteiger partial charge is 0.459 e. The van der Waals surface area contributed by atoms with E-state index in [0.29, 0.717) is 23.9 Å². The van der Waals surface area contributed by atoms with Crippen molar-refractivity contribution in [1.29, 1.82) is 0 Å². The Kier molecular flexibility index (Phi) is 6.01. The minimum atomic E-state index is -1.79. The molecule has 0 spiro atoms. The fraction of sp³-hybridized carbons (Fsp3) is 0.435. The molecule has 1 saturated heterocycles. The lowest BCUT2D eigenvalue weighted by Crippen LogP contribution is -2.50. The summed E-state index contributed by atoms with van der Waals surface area (Å²) in [6.45, 7) is 5.01. The second kappa shape index (κ2) is 8.74. The number of carbonyl (C=O) groups is 2. The number of benzene rings is 1. The fourth-order valence-corrected chi connectivity index (χ4v) is 3.94. The van der Waals surface area contributed by atoms with Crippen molar-refractivity contribution in [2.24, 2.45) is 0 Å². The van der Waals surface area contributed by atoms with Crippen molar-refractivity contribution in [3.63, 3.8) is 0 Å². The van der Waals surface area contributed by atoms with E-state index >= 15 is 0 Å². The van der Waals surface area contributed by atoms with Crippen LogP contribution >= 0.6 is 0 Å². The molecule has 1 fully saturated rings. The van der Waals surface area contributed by atoms with Crippen molar-refractivity contribution >= 4 is 23.4 Å². The summed E-state index contributed by atoms with van der Waals surface area (Å²) in [7, 11) is 0. The van der Waals surface area contributed by atoms with Crippen LogP contribution in [0.3, 0.4) is 0 Å². The number of nitrogens with zero attached hydrogens (tertiary/aromatic N) is 2. The van der Waals surface area contributed by atoms with E-state index < -0.39 is 17.9 Å². The lowest BCUT2D eigenvalue weighted by molar-refractivity contribution is -0.115. The van der Waals surface area contributed by atoms with Crippen molar-refractivity contribution in [3.8, 4) is 5.75 Å². The highest BCUT2D eigenvalue weighted by molar-refractivity contribution is 6.08. The van der Waals surface area contributed by atoms with E-state index in [1.54, 1.807) is 36.5 Å². The molecule has 2 aliphatic heterocycles. The number of fused-ring (bicyclic) bond motifs is 1. The minimum Gasteiger partial charge on any atom is -0.459 e. The summed E-state index contributed by atoms with van der Waals surface area (Å²) in [4.78, 5) is 31.1. The van der Waals surface area contributed by atoms with Gasteiger partial charge in [-0.3, -0.25) is 9.69 Å². The molecule has 1 aromatic heterocycles. The number of amides is 3. The Labute approximate surface area is 186 Å². The van der Waals surface area contributed by atoms with Gasteiger partial charge in [-0.15, -0.1) is 0 Å². The summed E-state index contributed by atoms with van der Waals surface area (Å²) < 4.78 is 24.9. The van der Waals surface area contributed by atoms with Crippen LogP contribution in [0.5, 0.6) is 5.75 Å². The second-order valence-corrected chi connectivity index (χ2v) is 8.53. The van der Waals surface area contributed by atoms with E-state index in [-0.39, 0.29) is 18.6 Å². The Morgan fingerprint density at radius 3 is 2.78 bits per heavy atom. The van der Waals surface area contributed by atoms with Crippen LogP contribution in [0, 0.1) is 6.92 Å². The summed E-state index contributed by atoms with van der Waals surface area (Å²) >= 11 is 0. The summed E-state index contributed by atoms with van der Waals surface area (Å²) in [6, 6.07) is 7.79. The zero-order valence-corrected chi connectivity index (χ0v) is 18.4. The highest BCUT2D eigenvalue weighted by Gasteiger charge is 2.34. The third kappa shape index (κ3) is 4.99. The summed E-state index contributed by atoms with van der Waals surface area (Å²) in [5, 5.41) is 5.77. The zero-order valence-electron chi connectivity index (χ0n) is 18.4. The second-order valence-electron chi connectivity index (χ2n) is 8.53. The fourth-order valence-electron chi connectivity index (χ4n) is 3.94. The molecule has 0 saturated carbocycles. The number of halogens is 1. The van der Waals surface area contributed by atoms with Gasteiger partial charge in [0.25, 0.3) is 0 Å². The maximum atomic E-state index is 13.8. The van der Waals surface area contributed by atoms with Gasteiger partial charge >= 0.3 is 6.03 Å². The molecule has 2 N–H and O–H groups in total. The molecule has 0 bridgehead atoms. The van der Waals surface area contributed by atoms with E-state index in [1.807, 2.05) is 6.92 Å². The molecule has 170 valence electrons. The number of anilines is 2. The Morgan fingerprint density at radius 2 is 2.12 bits per heavy atom. The Hall–Kier alpha value is -3.20. The number of rotatable bonds is 5. The van der Waals surface area contributed by atoms with Crippen LogP contribution < -0.4 is 20.3 Å². The number of ether oxygens (including phenoxy) is 2. The third-order valence-electron chi connectivity index (χ3n) is 5.30. The summed E-state index contributed by atoms with van der Waals surface area (Å²) in [5.41, 5.74) is 2.18. The summed E-state index contributed by atoms with van der Waals surface area (Å²) in [5.74, 6) is -1.30. The van der Waals surface area contributed by atoms with Gasteiger partial charge in [0.2, 0.25) is 11.8 Å². The number of nitrogens with one attached hydrogen (secondary N) is 2. The molecule has 32 heavy (non-hydrogen) atoms. The summed E-state index contributed by atoms with van der Waals surface area (Å²) in [6.07, 6.45) is 3.12. The Morgan fingerprint density at radius 1 is 1.38 bits per heavy atom. The predicted octanol–water partition coefficient (Wildman–Crippen LogP) is 3.86. The van der Waals surface area contributed by atoms with Crippen molar-refractivity contribution in [2.75, 3.05) is 23.4 Å². The predicted molar refractivity (Wildman–Crippen MR) is 117 cm³/mol. The lowest BCUT2D eigenvalue weighted by atomic mass is 9.99. The van der Waals surface area contributed by atoms with E-state index in [1.165, 1.54) is 18.7 Å². The SMILES string of the molecule is Cc1cnc2c(c1)NC(=O)CN2C(=O)NC(c1ccc(OC(C)(C)F)cc1)C1CCCO1. The molecule has 2 unspecified atom stereocenters. The molecular weight excluding hydrogens is 415 g/mol. The van der Waals surface area contributed by atoms with E-state index in [4.69, 9.17) is 9.47 Å². The van der Waals surface area contributed by atoms with Gasteiger partial charge in [0.15, 0.2) is 5.82 Å². The molecule has 9 heteroatoms. The smallest absolute Gasteiger partial charge is 0.324 e. The van der Waals surface area contributed by atoms with Crippen molar-refractivity contribution in [3.05, 3.63) is 47.7 Å². The van der Waals surface area contributed by atoms with E-state index in [9.17, 15) is 14.0 Å². The Bertz CT molecular complexity index is 1000. The molecule has 3 heterocycles. The first-order chi connectivity index (χ1) is 15.2. The molecule has 2 aromatic rings. The van der Waals surface area contributed by atoms with Crippen LogP contribution in [0.2, 0.25) is 0 Å². The number of carbonyl (C=O) groups excluding carboxylic acids is 2. The maximum Gasteiger partial charge on any atom is 0.324 e. The average Bonchev–Trinajstić information content (AvgIpc) is 3.25. The topological polar surface area (TPSA) is 92.8 Å². The molecule has 3 amide bonds. The van der Waals surface area contributed by atoms with Crippen molar-refractivity contribution in [2.45, 2.75) is 51.6 Å². The third-order valence-corrected chi connectivity index (χ3v) is 5.30. The molecule has 2 atom stereocenters. The monoisotopic (exact) mass is 442 g/mol. The van der Waals surface area contributed by atoms with Gasteiger partial charge < -0.3 is 20.1 Å². The molecular formula is C23H27FN4O4. The van der Waals surface area contributed by atoms with Crippen LogP contribution in [0.15, 0.2) is 36.5 Å². The van der Waals surface area contributed by atoms with Gasteiger partial charge in [-0.05, 0) is 49.1 Å². The van der Waals surface area contributed by atoms with Crippen LogP contribution in [-0.4, -0.2) is 42.0 Å². The first-order valence-electron chi connectivity index (χ1n) is 10.6. The number of alkyl halides is 1. The standard InChI is InChI=1S/C23H27FN4O4/c1-14-11-17-21(25-12-14)28(13-19(29)26-17)22(30)27-20(18-5-4-10-31-18)15-6-8-16(9-7-15)32-23(2,3)24/h6-9,11-12,18,20H,4-5,10,13H2,1-3H3,(H,26,29)(H,27,30). The van der Waals surface area contributed by atoms with Crippen molar-refractivity contribution < 1.29 is 23.5 Å². The van der Waals surface area contributed by atoms with Gasteiger partial charge in [-0.2, -0.15) is 4.39 Å². The van der Waals surface area contributed by atoms with E-state index in [0.717, 1.165) is 24.0 Å². The van der Waals surface area contributed by atoms with Gasteiger partial charge in [0.05, 0.1) is 17.8 Å². The number of hydrogen-bond acceptors (Lipinski definition) is 5. The molecule has 8 nitrogen and oxygen atoms in total. The molecule has 4 rings (SSSR count). The highest BCUT2D eigenvalue weighted by Crippen LogP contribution is 2.31. The number of aryl methyl sites for hydroxylation is 1. The van der Waals surface area contributed by atoms with Crippen LogP contribution in [0.4, 0.5) is 20.7 Å². The van der Waals surface area contributed by atoms with Crippen LogP contribution in [-0.2, 0) is 9.53 Å². The zero-order chi connectivity index (χ0) is 22.9. The number of hydrogen-bond donors (Lipinski definition) is 2. The van der Waals surface area contributed by atoms with E-state index in [2.05, 4.69) is 15.6 Å². The first-order valence-corrected chi connectivity index (χ1v) is 10.6. The Balaban J connectivity index is 1.57. The molecule has 2 aliphatic rings. The number of pyridine rings is 1. The quantitative estimate of drug-likeness (QED) is 0.734. The van der Waals surface area contributed by atoms with Crippen molar-refractivity contribution in [1.82, 2.24) is 10.3 Å². The highest BCUT2D eigenvalue weighted by atomic mass is 19.2. The number of urea groups is 1. The van der Waals surface area contributed by atoms with Gasteiger partial charge in [-0.25, -0.2) is 9.78 Å². The minimum absolute atomic E-state index is 0.133. The van der Waals surface area contributed by atoms with Gasteiger partial charge in [0.1, 0.15) is 12.3 Å². The van der Waals surface area contributed by atoms with Crippen LogP contribution in [0.25, 0.3) is 0 Å².